The second-order valence-electron chi connectivity index (χ2n) is 8.19. The molecule has 186 valence electrons. The Bertz CT molecular complexity index is 1100. The van der Waals surface area contributed by atoms with Gasteiger partial charge in [0.05, 0.1) is 25.8 Å². The fraction of sp³-hybridized carbons (Fsp3) is 0.321. The highest BCUT2D eigenvalue weighted by molar-refractivity contribution is 6.35. The van der Waals surface area contributed by atoms with Crippen molar-refractivity contribution in [1.82, 2.24) is 4.90 Å². The summed E-state index contributed by atoms with van der Waals surface area (Å²) >= 11 is 6.72. The molecule has 3 aromatic rings. The van der Waals surface area contributed by atoms with E-state index >= 15 is 0 Å². The quantitative estimate of drug-likeness (QED) is 0.268. The first-order valence-electron chi connectivity index (χ1n) is 11.5. The fourth-order valence-electron chi connectivity index (χ4n) is 3.55. The number of hydrogen-bond donors (Lipinski definition) is 0. The minimum absolute atomic E-state index is 0.0676. The first kappa shape index (κ1) is 26.4. The molecule has 0 amide bonds. The van der Waals surface area contributed by atoms with Crippen molar-refractivity contribution in [3.05, 3.63) is 82.4 Å². The van der Waals surface area contributed by atoms with Crippen LogP contribution in [0.2, 0.25) is 5.02 Å². The van der Waals surface area contributed by atoms with Crippen molar-refractivity contribution in [2.45, 2.75) is 26.6 Å². The van der Waals surface area contributed by atoms with Crippen molar-refractivity contribution in [3.63, 3.8) is 0 Å². The van der Waals surface area contributed by atoms with E-state index in [2.05, 4.69) is 6.92 Å². The number of methoxy groups -OCH3 is 2. The molecule has 0 aromatic heterocycles. The zero-order chi connectivity index (χ0) is 25.2. The monoisotopic (exact) mass is 497 g/mol. The maximum Gasteiger partial charge on any atom is 0.180 e. The Hall–Kier alpha value is -3.22. The predicted octanol–water partition coefficient (Wildman–Crippen LogP) is 6.04. The molecule has 0 spiro atoms. The molecule has 35 heavy (non-hydrogen) atoms. The summed E-state index contributed by atoms with van der Waals surface area (Å²) in [5.41, 5.74) is 2.31. The van der Waals surface area contributed by atoms with Crippen molar-refractivity contribution in [3.8, 4) is 23.0 Å². The van der Waals surface area contributed by atoms with Gasteiger partial charge in [0.15, 0.2) is 17.3 Å². The number of hydrogen-bond acceptors (Lipinski definition) is 6. The number of rotatable bonds is 13. The molecule has 0 aliphatic heterocycles. The van der Waals surface area contributed by atoms with E-state index in [4.69, 9.17) is 30.5 Å². The minimum Gasteiger partial charge on any atom is -0.497 e. The van der Waals surface area contributed by atoms with Crippen molar-refractivity contribution in [1.29, 1.82) is 0 Å². The van der Waals surface area contributed by atoms with E-state index in [-0.39, 0.29) is 24.0 Å². The van der Waals surface area contributed by atoms with E-state index in [0.29, 0.717) is 23.7 Å². The smallest absolute Gasteiger partial charge is 0.180 e. The molecule has 0 N–H and O–H groups in total. The predicted molar refractivity (Wildman–Crippen MR) is 138 cm³/mol. The zero-order valence-corrected chi connectivity index (χ0v) is 21.4. The Morgan fingerprint density at radius 2 is 1.37 bits per heavy atom. The highest BCUT2D eigenvalue weighted by Crippen LogP contribution is 2.39. The van der Waals surface area contributed by atoms with Crippen LogP contribution in [0.25, 0.3) is 0 Å². The molecule has 3 aromatic carbocycles. The van der Waals surface area contributed by atoms with Crippen LogP contribution in [0.15, 0.2) is 60.7 Å². The van der Waals surface area contributed by atoms with Crippen LogP contribution >= 0.6 is 11.6 Å². The van der Waals surface area contributed by atoms with Crippen molar-refractivity contribution >= 4 is 17.4 Å². The van der Waals surface area contributed by atoms with Gasteiger partial charge in [-0.3, -0.25) is 9.69 Å². The molecular formula is C28H32ClNO5. The first-order valence-corrected chi connectivity index (χ1v) is 11.9. The maximum atomic E-state index is 13.0. The molecule has 0 bridgehead atoms. The largest absolute Gasteiger partial charge is 0.497 e. The second kappa shape index (κ2) is 13.0. The van der Waals surface area contributed by atoms with Gasteiger partial charge in [-0.05, 0) is 67.5 Å². The average molecular weight is 498 g/mol. The number of likely N-dealkylation sites (N-methyl/N-ethyl adjacent to an activating group) is 1. The topological polar surface area (TPSA) is 57.2 Å². The number of ether oxygens (including phenoxy) is 4. The van der Waals surface area contributed by atoms with Crippen LogP contribution in [0.3, 0.4) is 0 Å². The van der Waals surface area contributed by atoms with Crippen LogP contribution < -0.4 is 18.9 Å². The molecular weight excluding hydrogens is 466 g/mol. The third-order valence-corrected chi connectivity index (χ3v) is 5.85. The standard InChI is InChI=1S/C28H32ClNO5/c1-5-16-30(2)17-25(31)24-14-15-26(34-18-20-6-10-22(32-3)11-7-20)28(27(24)29)35-19-21-8-12-23(33-4)13-9-21/h6-15H,5,16-19H2,1-4H3. The molecule has 0 fully saturated rings. The number of carbonyl (C=O) groups excluding carboxylic acids is 1. The Morgan fingerprint density at radius 1 is 0.829 bits per heavy atom. The molecule has 0 radical (unpaired) electrons. The molecule has 7 heteroatoms. The number of carbonyl (C=O) groups is 1. The zero-order valence-electron chi connectivity index (χ0n) is 20.7. The fourth-order valence-corrected chi connectivity index (χ4v) is 3.87. The van der Waals surface area contributed by atoms with Gasteiger partial charge < -0.3 is 18.9 Å². The molecule has 6 nitrogen and oxygen atoms in total. The van der Waals surface area contributed by atoms with E-state index in [0.717, 1.165) is 35.6 Å². The van der Waals surface area contributed by atoms with Gasteiger partial charge in [-0.1, -0.05) is 42.8 Å². The maximum absolute atomic E-state index is 13.0. The van der Waals surface area contributed by atoms with Crippen LogP contribution in [-0.4, -0.2) is 45.0 Å². The number of benzene rings is 3. The molecule has 0 aliphatic carbocycles. The molecule has 0 atom stereocenters. The first-order chi connectivity index (χ1) is 16.9. The lowest BCUT2D eigenvalue weighted by Gasteiger charge is -2.18. The molecule has 0 unspecified atom stereocenters. The van der Waals surface area contributed by atoms with E-state index in [9.17, 15) is 4.79 Å². The summed E-state index contributed by atoms with van der Waals surface area (Å²) in [6.45, 7) is 3.75. The molecule has 0 saturated carbocycles. The van der Waals surface area contributed by atoms with Gasteiger partial charge in [-0.15, -0.1) is 0 Å². The van der Waals surface area contributed by atoms with Crippen molar-refractivity contribution in [2.75, 3.05) is 34.4 Å². The van der Waals surface area contributed by atoms with Gasteiger partial charge in [-0.2, -0.15) is 0 Å². The van der Waals surface area contributed by atoms with Crippen LogP contribution in [0.5, 0.6) is 23.0 Å². The van der Waals surface area contributed by atoms with Gasteiger partial charge in [0.25, 0.3) is 0 Å². The van der Waals surface area contributed by atoms with Gasteiger partial charge in [0, 0.05) is 5.56 Å². The SMILES string of the molecule is CCCN(C)CC(=O)c1ccc(OCc2ccc(OC)cc2)c(OCc2ccc(OC)cc2)c1Cl. The van der Waals surface area contributed by atoms with E-state index < -0.39 is 0 Å². The molecule has 0 heterocycles. The van der Waals surface area contributed by atoms with Crippen molar-refractivity contribution in [2.24, 2.45) is 0 Å². The Labute approximate surface area is 212 Å². The van der Waals surface area contributed by atoms with Crippen LogP contribution in [0.1, 0.15) is 34.8 Å². The third-order valence-electron chi connectivity index (χ3n) is 5.48. The van der Waals surface area contributed by atoms with Crippen LogP contribution in [0.4, 0.5) is 0 Å². The van der Waals surface area contributed by atoms with Gasteiger partial charge in [0.2, 0.25) is 0 Å². The van der Waals surface area contributed by atoms with Gasteiger partial charge >= 0.3 is 0 Å². The Balaban J connectivity index is 1.83. The van der Waals surface area contributed by atoms with E-state index in [1.54, 1.807) is 26.4 Å². The lowest BCUT2D eigenvalue weighted by atomic mass is 10.1. The number of Topliss-reactive ketones (excluding diaryl/α,β-unsaturated/α-hetero) is 1. The van der Waals surface area contributed by atoms with Crippen LogP contribution in [0, 0.1) is 0 Å². The summed E-state index contributed by atoms with van der Waals surface area (Å²) in [6.07, 6.45) is 0.964. The molecule has 0 saturated heterocycles. The summed E-state index contributed by atoms with van der Waals surface area (Å²) in [5, 5.41) is 0.251. The summed E-state index contributed by atoms with van der Waals surface area (Å²) in [4.78, 5) is 14.9. The lowest BCUT2D eigenvalue weighted by Crippen LogP contribution is -2.26. The molecule has 0 aliphatic rings. The van der Waals surface area contributed by atoms with Gasteiger partial charge in [-0.25, -0.2) is 0 Å². The third kappa shape index (κ3) is 7.38. The number of ketones is 1. The average Bonchev–Trinajstić information content (AvgIpc) is 2.87. The van der Waals surface area contributed by atoms with Crippen molar-refractivity contribution < 1.29 is 23.7 Å². The summed E-state index contributed by atoms with van der Waals surface area (Å²) in [6, 6.07) is 18.6. The summed E-state index contributed by atoms with van der Waals surface area (Å²) in [7, 11) is 5.17. The number of nitrogens with zero attached hydrogens (tertiary/aromatic N) is 1. The number of halogens is 1. The normalized spacial score (nSPS) is 10.8. The molecule has 3 rings (SSSR count). The van der Waals surface area contributed by atoms with E-state index in [1.165, 1.54) is 0 Å². The van der Waals surface area contributed by atoms with Crippen LogP contribution in [-0.2, 0) is 13.2 Å². The Morgan fingerprint density at radius 3 is 1.89 bits per heavy atom. The second-order valence-corrected chi connectivity index (χ2v) is 8.57. The lowest BCUT2D eigenvalue weighted by molar-refractivity contribution is 0.0946. The van der Waals surface area contributed by atoms with E-state index in [1.807, 2.05) is 60.5 Å². The highest BCUT2D eigenvalue weighted by atomic mass is 35.5. The Kier molecular flexibility index (Phi) is 9.82. The van der Waals surface area contributed by atoms with Gasteiger partial charge in [0.1, 0.15) is 24.7 Å². The summed E-state index contributed by atoms with van der Waals surface area (Å²) < 4.78 is 22.6. The summed E-state index contributed by atoms with van der Waals surface area (Å²) in [5.74, 6) is 2.29. The highest BCUT2D eigenvalue weighted by Gasteiger charge is 2.20. The minimum atomic E-state index is -0.0676.